The molecule has 120 valence electrons. The highest BCUT2D eigenvalue weighted by atomic mass is 32.2. The van der Waals surface area contributed by atoms with Crippen LogP contribution in [0.25, 0.3) is 0 Å². The van der Waals surface area contributed by atoms with Crippen LogP contribution in [0.1, 0.15) is 17.9 Å². The first-order chi connectivity index (χ1) is 10.3. The number of sulfonamides is 1. The SMILES string of the molecule is COCCS(=O)(=O)NC(=O)C1CC(=O)Nc2cc(F)ccc21. The molecule has 22 heavy (non-hydrogen) atoms. The smallest absolute Gasteiger partial charge is 0.241 e. The van der Waals surface area contributed by atoms with Crippen LogP contribution in [-0.4, -0.2) is 39.7 Å². The molecule has 1 unspecified atom stereocenters. The van der Waals surface area contributed by atoms with E-state index in [1.54, 1.807) is 0 Å². The number of halogens is 1. The second-order valence-corrected chi connectivity index (χ2v) is 6.66. The molecule has 0 aliphatic carbocycles. The normalized spacial score (nSPS) is 17.5. The summed E-state index contributed by atoms with van der Waals surface area (Å²) in [5.74, 6) is -3.22. The highest BCUT2D eigenvalue weighted by molar-refractivity contribution is 7.90. The van der Waals surface area contributed by atoms with Crippen molar-refractivity contribution in [2.45, 2.75) is 12.3 Å². The van der Waals surface area contributed by atoms with Crippen molar-refractivity contribution in [3.8, 4) is 0 Å². The zero-order valence-corrected chi connectivity index (χ0v) is 12.6. The zero-order valence-electron chi connectivity index (χ0n) is 11.8. The van der Waals surface area contributed by atoms with Crippen LogP contribution in [0.2, 0.25) is 0 Å². The molecule has 0 spiro atoms. The molecular formula is C13H15FN2O5S. The Morgan fingerprint density at radius 1 is 1.50 bits per heavy atom. The monoisotopic (exact) mass is 330 g/mol. The van der Waals surface area contributed by atoms with Gasteiger partial charge in [0, 0.05) is 19.2 Å². The van der Waals surface area contributed by atoms with Gasteiger partial charge < -0.3 is 10.1 Å². The molecule has 1 aliphatic rings. The van der Waals surface area contributed by atoms with Crippen LogP contribution in [0.4, 0.5) is 10.1 Å². The van der Waals surface area contributed by atoms with E-state index in [-0.39, 0.29) is 24.5 Å². The van der Waals surface area contributed by atoms with Crippen molar-refractivity contribution in [1.82, 2.24) is 4.72 Å². The van der Waals surface area contributed by atoms with E-state index >= 15 is 0 Å². The number of amides is 2. The lowest BCUT2D eigenvalue weighted by Crippen LogP contribution is -2.39. The van der Waals surface area contributed by atoms with Gasteiger partial charge >= 0.3 is 0 Å². The summed E-state index contributed by atoms with van der Waals surface area (Å²) in [5.41, 5.74) is 0.547. The minimum Gasteiger partial charge on any atom is -0.384 e. The van der Waals surface area contributed by atoms with E-state index in [1.165, 1.54) is 13.2 Å². The maximum absolute atomic E-state index is 13.2. The number of fused-ring (bicyclic) bond motifs is 1. The summed E-state index contributed by atoms with van der Waals surface area (Å²) in [7, 11) is -2.51. The fourth-order valence-corrected chi connectivity index (χ4v) is 3.08. The lowest BCUT2D eigenvalue weighted by molar-refractivity contribution is -0.125. The number of methoxy groups -OCH3 is 1. The summed E-state index contributed by atoms with van der Waals surface area (Å²) in [5, 5.41) is 2.45. The summed E-state index contributed by atoms with van der Waals surface area (Å²) >= 11 is 0. The van der Waals surface area contributed by atoms with Crippen molar-refractivity contribution < 1.29 is 27.1 Å². The number of hydrogen-bond donors (Lipinski definition) is 2. The molecule has 9 heteroatoms. The first-order valence-corrected chi connectivity index (χ1v) is 8.10. The van der Waals surface area contributed by atoms with E-state index in [0.717, 1.165) is 12.1 Å². The predicted molar refractivity (Wildman–Crippen MR) is 76.2 cm³/mol. The van der Waals surface area contributed by atoms with E-state index in [9.17, 15) is 22.4 Å². The topological polar surface area (TPSA) is 102 Å². The van der Waals surface area contributed by atoms with Crippen LogP contribution in [0.15, 0.2) is 18.2 Å². The van der Waals surface area contributed by atoms with Crippen LogP contribution in [0.3, 0.4) is 0 Å². The van der Waals surface area contributed by atoms with Crippen molar-refractivity contribution in [2.24, 2.45) is 0 Å². The van der Waals surface area contributed by atoms with Crippen LogP contribution >= 0.6 is 0 Å². The van der Waals surface area contributed by atoms with Gasteiger partial charge in [-0.25, -0.2) is 12.8 Å². The first kappa shape index (κ1) is 16.4. The highest BCUT2D eigenvalue weighted by Crippen LogP contribution is 2.32. The van der Waals surface area contributed by atoms with Crippen LogP contribution in [0, 0.1) is 5.82 Å². The van der Waals surface area contributed by atoms with Gasteiger partial charge in [-0.2, -0.15) is 0 Å². The average Bonchev–Trinajstić information content (AvgIpc) is 2.43. The third-order valence-corrected chi connectivity index (χ3v) is 4.40. The Morgan fingerprint density at radius 2 is 2.23 bits per heavy atom. The molecule has 1 atom stereocenters. The molecule has 1 aromatic rings. The average molecular weight is 330 g/mol. The Balaban J connectivity index is 2.22. The molecule has 2 amide bonds. The summed E-state index contributed by atoms with van der Waals surface area (Å²) in [6.07, 6.45) is -0.204. The zero-order chi connectivity index (χ0) is 16.3. The number of ether oxygens (including phenoxy) is 1. The maximum Gasteiger partial charge on any atom is 0.241 e. The second kappa shape index (κ2) is 6.41. The Kier molecular flexibility index (Phi) is 4.77. The van der Waals surface area contributed by atoms with E-state index in [2.05, 4.69) is 10.1 Å². The van der Waals surface area contributed by atoms with Gasteiger partial charge in [0.25, 0.3) is 0 Å². The van der Waals surface area contributed by atoms with Gasteiger partial charge in [-0.15, -0.1) is 0 Å². The van der Waals surface area contributed by atoms with Crippen LogP contribution in [0.5, 0.6) is 0 Å². The molecule has 7 nitrogen and oxygen atoms in total. The molecule has 0 radical (unpaired) electrons. The van der Waals surface area contributed by atoms with Gasteiger partial charge in [0.2, 0.25) is 21.8 Å². The fourth-order valence-electron chi connectivity index (χ4n) is 2.14. The largest absolute Gasteiger partial charge is 0.384 e. The Hall–Kier alpha value is -2.00. The second-order valence-electron chi connectivity index (χ2n) is 4.81. The van der Waals surface area contributed by atoms with Crippen molar-refractivity contribution in [2.75, 3.05) is 24.8 Å². The standard InChI is InChI=1S/C13H15FN2O5S/c1-21-4-5-22(19,20)16-13(18)10-7-12(17)15-11-6-8(14)2-3-9(10)11/h2-3,6,10H,4-5,7H2,1H3,(H,15,17)(H,16,18). The molecule has 2 N–H and O–H groups in total. The molecule has 1 heterocycles. The molecule has 1 aliphatic heterocycles. The van der Waals surface area contributed by atoms with Crippen molar-refractivity contribution in [3.63, 3.8) is 0 Å². The van der Waals surface area contributed by atoms with Gasteiger partial charge in [-0.3, -0.25) is 14.3 Å². The predicted octanol–water partition coefficient (Wildman–Crippen LogP) is 0.344. The number of rotatable bonds is 5. The number of nitrogens with one attached hydrogen (secondary N) is 2. The first-order valence-electron chi connectivity index (χ1n) is 6.45. The molecule has 0 saturated carbocycles. The van der Waals surface area contributed by atoms with Gasteiger partial charge in [0.1, 0.15) is 5.82 Å². The lowest BCUT2D eigenvalue weighted by atomic mass is 9.90. The lowest BCUT2D eigenvalue weighted by Gasteiger charge is -2.24. The van der Waals surface area contributed by atoms with Crippen molar-refractivity contribution >= 4 is 27.5 Å². The molecule has 0 saturated heterocycles. The Labute approximate surface area is 126 Å². The third kappa shape index (κ3) is 3.80. The van der Waals surface area contributed by atoms with Crippen molar-refractivity contribution in [1.29, 1.82) is 0 Å². The Bertz CT molecular complexity index is 704. The summed E-state index contributed by atoms with van der Waals surface area (Å²) in [6, 6.07) is 3.60. The fraction of sp³-hybridized carbons (Fsp3) is 0.385. The summed E-state index contributed by atoms with van der Waals surface area (Å²) in [4.78, 5) is 23.8. The number of anilines is 1. The molecule has 0 fully saturated rings. The van der Waals surface area contributed by atoms with E-state index in [1.807, 2.05) is 4.72 Å². The molecular weight excluding hydrogens is 315 g/mol. The van der Waals surface area contributed by atoms with Gasteiger partial charge in [-0.1, -0.05) is 6.07 Å². The van der Waals surface area contributed by atoms with Crippen LogP contribution in [-0.2, 0) is 24.3 Å². The quantitative estimate of drug-likeness (QED) is 0.811. The van der Waals surface area contributed by atoms with Crippen molar-refractivity contribution in [3.05, 3.63) is 29.6 Å². The maximum atomic E-state index is 13.2. The number of benzene rings is 1. The third-order valence-electron chi connectivity index (χ3n) is 3.18. The summed E-state index contributed by atoms with van der Waals surface area (Å²) in [6.45, 7) is -0.0600. The number of carbonyl (C=O) groups is 2. The molecule has 0 bridgehead atoms. The molecule has 1 aromatic carbocycles. The number of carbonyl (C=O) groups excluding carboxylic acids is 2. The van der Waals surface area contributed by atoms with E-state index in [0.29, 0.717) is 5.56 Å². The van der Waals surface area contributed by atoms with Gasteiger partial charge in [0.15, 0.2) is 0 Å². The van der Waals surface area contributed by atoms with E-state index < -0.39 is 33.6 Å². The minimum atomic E-state index is -3.85. The number of hydrogen-bond acceptors (Lipinski definition) is 5. The van der Waals surface area contributed by atoms with Gasteiger partial charge in [-0.05, 0) is 17.7 Å². The Morgan fingerprint density at radius 3 is 2.91 bits per heavy atom. The molecule has 0 aromatic heterocycles. The summed E-state index contributed by atoms with van der Waals surface area (Å²) < 4.78 is 43.2. The minimum absolute atomic E-state index is 0.0600. The van der Waals surface area contributed by atoms with Crippen LogP contribution < -0.4 is 10.0 Å². The van der Waals surface area contributed by atoms with Gasteiger partial charge in [0.05, 0.1) is 18.3 Å². The molecule has 2 rings (SSSR count). The highest BCUT2D eigenvalue weighted by Gasteiger charge is 2.32. The van der Waals surface area contributed by atoms with E-state index in [4.69, 9.17) is 0 Å².